The highest BCUT2D eigenvalue weighted by Crippen LogP contribution is 2.31. The summed E-state index contributed by atoms with van der Waals surface area (Å²) in [5.74, 6) is -0.637. The van der Waals surface area contributed by atoms with Gasteiger partial charge in [0.1, 0.15) is 6.54 Å². The lowest BCUT2D eigenvalue weighted by molar-refractivity contribution is -0.141. The topological polar surface area (TPSA) is 63.7 Å². The second kappa shape index (κ2) is 8.21. The largest absolute Gasteiger partial charge is 0.465 e. The quantitative estimate of drug-likeness (QED) is 0.625. The van der Waals surface area contributed by atoms with Crippen LogP contribution >= 0.6 is 27.5 Å². The Morgan fingerprint density at radius 1 is 1.20 bits per heavy atom. The maximum Gasteiger partial charge on any atom is 0.326 e. The van der Waals surface area contributed by atoms with Gasteiger partial charge in [0, 0.05) is 9.50 Å². The average molecular weight is 447 g/mol. The summed E-state index contributed by atoms with van der Waals surface area (Å²) in [5, 5.41) is 0.414. The number of esters is 1. The summed E-state index contributed by atoms with van der Waals surface area (Å²) in [5.41, 5.74) is 0.901. The standard InChI is InChI=1S/C17H17BrClNO4S/c1-3-24-17(21)11-20(16-6-4-5-15(19)12(16)2)25(22,23)14-9-7-13(18)8-10-14/h4-10H,3,11H2,1-2H3. The molecule has 0 unspecified atom stereocenters. The molecule has 5 nitrogen and oxygen atoms in total. The fraction of sp³-hybridized carbons (Fsp3) is 0.235. The van der Waals surface area contributed by atoms with E-state index in [0.717, 1.165) is 8.78 Å². The molecule has 2 rings (SSSR count). The van der Waals surface area contributed by atoms with Crippen LogP contribution in [0.25, 0.3) is 0 Å². The number of nitrogens with zero attached hydrogens (tertiary/aromatic N) is 1. The number of sulfonamides is 1. The second-order valence-corrected chi connectivity index (χ2v) is 8.34. The molecule has 0 saturated carbocycles. The van der Waals surface area contributed by atoms with Gasteiger partial charge < -0.3 is 4.74 Å². The van der Waals surface area contributed by atoms with Gasteiger partial charge in [-0.1, -0.05) is 33.6 Å². The summed E-state index contributed by atoms with van der Waals surface area (Å²) < 4.78 is 32.9. The van der Waals surface area contributed by atoms with Crippen LogP contribution in [0.3, 0.4) is 0 Å². The maximum absolute atomic E-state index is 13.1. The van der Waals surface area contributed by atoms with Crippen molar-refractivity contribution in [1.82, 2.24) is 0 Å². The van der Waals surface area contributed by atoms with Gasteiger partial charge in [-0.15, -0.1) is 0 Å². The molecular weight excluding hydrogens is 430 g/mol. The van der Waals surface area contributed by atoms with Gasteiger partial charge in [-0.25, -0.2) is 8.42 Å². The van der Waals surface area contributed by atoms with Crippen LogP contribution in [0.15, 0.2) is 51.8 Å². The van der Waals surface area contributed by atoms with Crippen LogP contribution < -0.4 is 4.31 Å². The van der Waals surface area contributed by atoms with Crippen molar-refractivity contribution in [1.29, 1.82) is 0 Å². The third kappa shape index (κ3) is 4.54. The first-order valence-electron chi connectivity index (χ1n) is 7.46. The number of carbonyl (C=O) groups is 1. The van der Waals surface area contributed by atoms with E-state index in [1.165, 1.54) is 12.1 Å². The minimum absolute atomic E-state index is 0.0689. The van der Waals surface area contributed by atoms with E-state index in [-0.39, 0.29) is 11.5 Å². The molecule has 0 aromatic heterocycles. The molecule has 0 saturated heterocycles. The van der Waals surface area contributed by atoms with E-state index in [9.17, 15) is 13.2 Å². The highest BCUT2D eigenvalue weighted by Gasteiger charge is 2.29. The lowest BCUT2D eigenvalue weighted by Crippen LogP contribution is -2.37. The summed E-state index contributed by atoms with van der Waals surface area (Å²) in [6.45, 7) is 3.09. The van der Waals surface area contributed by atoms with Gasteiger partial charge in [-0.3, -0.25) is 9.10 Å². The maximum atomic E-state index is 13.1. The Hall–Kier alpha value is -1.57. The molecular formula is C17H17BrClNO4S. The Morgan fingerprint density at radius 2 is 1.84 bits per heavy atom. The van der Waals surface area contributed by atoms with E-state index in [1.807, 2.05) is 0 Å². The molecule has 0 N–H and O–H groups in total. The third-order valence-electron chi connectivity index (χ3n) is 3.49. The number of rotatable bonds is 6. The first-order valence-corrected chi connectivity index (χ1v) is 10.1. The minimum atomic E-state index is -3.97. The van der Waals surface area contributed by atoms with Crippen LogP contribution in [0.2, 0.25) is 5.02 Å². The molecule has 0 bridgehead atoms. The number of carbonyl (C=O) groups excluding carboxylic acids is 1. The lowest BCUT2D eigenvalue weighted by Gasteiger charge is -2.25. The molecule has 0 aliphatic carbocycles. The number of anilines is 1. The van der Waals surface area contributed by atoms with Crippen molar-refractivity contribution in [3.05, 3.63) is 57.5 Å². The van der Waals surface area contributed by atoms with E-state index < -0.39 is 22.5 Å². The Labute approximate surface area is 160 Å². The van der Waals surface area contributed by atoms with Crippen molar-refractivity contribution in [2.75, 3.05) is 17.5 Å². The van der Waals surface area contributed by atoms with Crippen molar-refractivity contribution >= 4 is 49.2 Å². The lowest BCUT2D eigenvalue weighted by atomic mass is 10.2. The Bertz CT molecular complexity index is 869. The molecule has 0 radical (unpaired) electrons. The van der Waals surface area contributed by atoms with Gasteiger partial charge in [-0.2, -0.15) is 0 Å². The van der Waals surface area contributed by atoms with Gasteiger partial charge in [0.15, 0.2) is 0 Å². The molecule has 0 amide bonds. The SMILES string of the molecule is CCOC(=O)CN(c1cccc(Cl)c1C)S(=O)(=O)c1ccc(Br)cc1. The molecule has 8 heteroatoms. The number of hydrogen-bond acceptors (Lipinski definition) is 4. The fourth-order valence-corrected chi connectivity index (χ4v) is 4.12. The zero-order chi connectivity index (χ0) is 18.6. The predicted octanol–water partition coefficient (Wildman–Crippen LogP) is 4.17. The monoisotopic (exact) mass is 445 g/mol. The first kappa shape index (κ1) is 19.8. The van der Waals surface area contributed by atoms with E-state index in [0.29, 0.717) is 16.3 Å². The van der Waals surface area contributed by atoms with Gasteiger partial charge in [0.25, 0.3) is 10.0 Å². The van der Waals surface area contributed by atoms with Crippen molar-refractivity contribution in [3.8, 4) is 0 Å². The van der Waals surface area contributed by atoms with Gasteiger partial charge in [-0.05, 0) is 55.8 Å². The first-order chi connectivity index (χ1) is 11.8. The van der Waals surface area contributed by atoms with Crippen LogP contribution in [0.4, 0.5) is 5.69 Å². The molecule has 0 spiro atoms. The summed E-state index contributed by atoms with van der Waals surface area (Å²) in [7, 11) is -3.97. The van der Waals surface area contributed by atoms with Crippen molar-refractivity contribution in [2.45, 2.75) is 18.7 Å². The number of halogens is 2. The molecule has 0 fully saturated rings. The van der Waals surface area contributed by atoms with E-state index in [2.05, 4.69) is 15.9 Å². The summed E-state index contributed by atoms with van der Waals surface area (Å²) in [4.78, 5) is 12.1. The van der Waals surface area contributed by atoms with Gasteiger partial charge >= 0.3 is 5.97 Å². The van der Waals surface area contributed by atoms with Crippen LogP contribution in [0.1, 0.15) is 12.5 Å². The molecule has 0 aliphatic heterocycles. The molecule has 2 aromatic carbocycles. The van der Waals surface area contributed by atoms with Crippen molar-refractivity contribution in [3.63, 3.8) is 0 Å². The Kier molecular flexibility index (Phi) is 6.48. The normalized spacial score (nSPS) is 11.2. The average Bonchev–Trinajstić information content (AvgIpc) is 2.56. The second-order valence-electron chi connectivity index (χ2n) is 5.15. The van der Waals surface area contributed by atoms with Crippen LogP contribution in [0.5, 0.6) is 0 Å². The van der Waals surface area contributed by atoms with Gasteiger partial charge in [0.05, 0.1) is 17.2 Å². The van der Waals surface area contributed by atoms with E-state index >= 15 is 0 Å². The van der Waals surface area contributed by atoms with Gasteiger partial charge in [0.2, 0.25) is 0 Å². The number of ether oxygens (including phenoxy) is 1. The highest BCUT2D eigenvalue weighted by molar-refractivity contribution is 9.10. The molecule has 0 heterocycles. The molecule has 0 aliphatic rings. The van der Waals surface area contributed by atoms with Crippen LogP contribution in [-0.4, -0.2) is 27.5 Å². The highest BCUT2D eigenvalue weighted by atomic mass is 79.9. The summed E-state index contributed by atoms with van der Waals surface area (Å²) in [6, 6.07) is 11.1. The Balaban J connectivity index is 2.56. The van der Waals surface area contributed by atoms with Crippen molar-refractivity contribution < 1.29 is 17.9 Å². The zero-order valence-corrected chi connectivity index (χ0v) is 16.9. The summed E-state index contributed by atoms with van der Waals surface area (Å²) >= 11 is 9.40. The molecule has 25 heavy (non-hydrogen) atoms. The predicted molar refractivity (Wildman–Crippen MR) is 101 cm³/mol. The zero-order valence-electron chi connectivity index (χ0n) is 13.7. The fourth-order valence-electron chi connectivity index (χ4n) is 2.22. The Morgan fingerprint density at radius 3 is 2.44 bits per heavy atom. The number of benzene rings is 2. The summed E-state index contributed by atoms with van der Waals surface area (Å²) in [6.07, 6.45) is 0. The minimum Gasteiger partial charge on any atom is -0.465 e. The van der Waals surface area contributed by atoms with Crippen LogP contribution in [-0.2, 0) is 19.6 Å². The van der Waals surface area contributed by atoms with Crippen LogP contribution in [0, 0.1) is 6.92 Å². The van der Waals surface area contributed by atoms with E-state index in [1.54, 1.807) is 44.2 Å². The van der Waals surface area contributed by atoms with Crippen molar-refractivity contribution in [2.24, 2.45) is 0 Å². The third-order valence-corrected chi connectivity index (χ3v) is 6.20. The molecule has 0 atom stereocenters. The smallest absolute Gasteiger partial charge is 0.326 e. The molecule has 2 aromatic rings. The van der Waals surface area contributed by atoms with E-state index in [4.69, 9.17) is 16.3 Å². The number of hydrogen-bond donors (Lipinski definition) is 0. The molecule has 134 valence electrons.